The molecule has 0 bridgehead atoms. The first-order valence-electron chi connectivity index (χ1n) is 4.89. The topological polar surface area (TPSA) is 84.2 Å². The molecule has 5 heteroatoms. The molecule has 14 heavy (non-hydrogen) atoms. The van der Waals surface area contributed by atoms with Crippen molar-refractivity contribution in [3.63, 3.8) is 0 Å². The molecule has 1 saturated heterocycles. The molecule has 1 rings (SSSR count). The lowest BCUT2D eigenvalue weighted by Gasteiger charge is -2.19. The van der Waals surface area contributed by atoms with E-state index in [1.54, 1.807) is 0 Å². The zero-order valence-corrected chi connectivity index (χ0v) is 8.38. The Kier molecular flexibility index (Phi) is 3.88. The summed E-state index contributed by atoms with van der Waals surface area (Å²) in [6.07, 6.45) is 1.80. The van der Waals surface area contributed by atoms with Gasteiger partial charge in [-0.1, -0.05) is 0 Å². The normalized spacial score (nSPS) is 27.7. The van der Waals surface area contributed by atoms with Gasteiger partial charge < -0.3 is 16.4 Å². The second-order valence-electron chi connectivity index (χ2n) is 3.66. The Morgan fingerprint density at radius 1 is 1.71 bits per heavy atom. The van der Waals surface area contributed by atoms with Gasteiger partial charge in [0.2, 0.25) is 11.8 Å². The first kappa shape index (κ1) is 11.0. The molecule has 0 radical (unpaired) electrons. The fraction of sp³-hybridized carbons (Fsp3) is 0.778. The van der Waals surface area contributed by atoms with Crippen LogP contribution in [0.1, 0.15) is 19.8 Å². The number of hydrogen-bond donors (Lipinski definition) is 3. The molecule has 0 aromatic rings. The molecule has 80 valence electrons. The van der Waals surface area contributed by atoms with Crippen LogP contribution in [0.15, 0.2) is 0 Å². The first-order chi connectivity index (χ1) is 6.61. The largest absolute Gasteiger partial charge is 0.356 e. The summed E-state index contributed by atoms with van der Waals surface area (Å²) in [5.74, 6) is -0.138. The maximum atomic E-state index is 11.3. The monoisotopic (exact) mass is 199 g/mol. The number of hydrogen-bond acceptors (Lipinski definition) is 3. The predicted octanol–water partition coefficient (Wildman–Crippen LogP) is -1.02. The molecule has 0 spiro atoms. The van der Waals surface area contributed by atoms with Crippen LogP contribution in [-0.2, 0) is 9.59 Å². The third kappa shape index (κ3) is 2.99. The summed E-state index contributed by atoms with van der Waals surface area (Å²) in [5, 5.41) is 5.43. The SMILES string of the molecule is CC(=O)NC[C@@H]1CCCNC(=O)C1N. The minimum Gasteiger partial charge on any atom is -0.356 e. The average Bonchev–Trinajstić information content (AvgIpc) is 2.28. The van der Waals surface area contributed by atoms with Crippen LogP contribution in [0.25, 0.3) is 0 Å². The summed E-state index contributed by atoms with van der Waals surface area (Å²) < 4.78 is 0. The quantitative estimate of drug-likeness (QED) is 0.532. The fourth-order valence-corrected chi connectivity index (χ4v) is 1.59. The molecule has 0 aromatic heterocycles. The highest BCUT2D eigenvalue weighted by molar-refractivity contribution is 5.82. The van der Waals surface area contributed by atoms with Gasteiger partial charge in [-0.25, -0.2) is 0 Å². The second kappa shape index (κ2) is 4.95. The van der Waals surface area contributed by atoms with Crippen molar-refractivity contribution < 1.29 is 9.59 Å². The van der Waals surface area contributed by atoms with Gasteiger partial charge in [0.15, 0.2) is 0 Å². The van der Waals surface area contributed by atoms with Gasteiger partial charge >= 0.3 is 0 Å². The number of carbonyl (C=O) groups is 2. The number of rotatable bonds is 2. The summed E-state index contributed by atoms with van der Waals surface area (Å²) in [7, 11) is 0. The van der Waals surface area contributed by atoms with Crippen LogP contribution in [0, 0.1) is 5.92 Å². The molecule has 5 nitrogen and oxygen atoms in total. The molecule has 1 aliphatic heterocycles. The van der Waals surface area contributed by atoms with Crippen molar-refractivity contribution in [1.82, 2.24) is 10.6 Å². The van der Waals surface area contributed by atoms with Crippen molar-refractivity contribution in [2.75, 3.05) is 13.1 Å². The standard InChI is InChI=1S/C9H17N3O2/c1-6(13)12-5-7-3-2-4-11-9(14)8(7)10/h7-8H,2-5,10H2,1H3,(H,11,14)(H,12,13)/t7-,8?/m0/s1. The molecule has 4 N–H and O–H groups in total. The maximum Gasteiger partial charge on any atom is 0.237 e. The Labute approximate surface area is 83.4 Å². The van der Waals surface area contributed by atoms with Crippen molar-refractivity contribution in [3.05, 3.63) is 0 Å². The van der Waals surface area contributed by atoms with Gasteiger partial charge in [-0.3, -0.25) is 9.59 Å². The number of nitrogens with one attached hydrogen (secondary N) is 2. The molecule has 0 saturated carbocycles. The predicted molar refractivity (Wildman–Crippen MR) is 52.4 cm³/mol. The molecule has 2 atom stereocenters. The van der Waals surface area contributed by atoms with E-state index in [1.807, 2.05) is 0 Å². The Bertz CT molecular complexity index is 230. The van der Waals surface area contributed by atoms with Gasteiger partial charge in [-0.15, -0.1) is 0 Å². The van der Waals surface area contributed by atoms with Crippen molar-refractivity contribution in [2.24, 2.45) is 11.7 Å². The summed E-state index contributed by atoms with van der Waals surface area (Å²) in [4.78, 5) is 22.0. The minimum atomic E-state index is -0.496. The lowest BCUT2D eigenvalue weighted by molar-refractivity contribution is -0.123. The molecule has 1 aliphatic rings. The Morgan fingerprint density at radius 3 is 3.07 bits per heavy atom. The van der Waals surface area contributed by atoms with Crippen LogP contribution in [0.5, 0.6) is 0 Å². The molecule has 2 amide bonds. The minimum absolute atomic E-state index is 0.0569. The fourth-order valence-electron chi connectivity index (χ4n) is 1.59. The van der Waals surface area contributed by atoms with E-state index in [2.05, 4.69) is 10.6 Å². The maximum absolute atomic E-state index is 11.3. The van der Waals surface area contributed by atoms with Crippen LogP contribution < -0.4 is 16.4 Å². The summed E-state index contributed by atoms with van der Waals surface area (Å²) in [6, 6.07) is -0.496. The van der Waals surface area contributed by atoms with E-state index in [1.165, 1.54) is 6.92 Å². The highest BCUT2D eigenvalue weighted by Crippen LogP contribution is 2.12. The van der Waals surface area contributed by atoms with E-state index in [4.69, 9.17) is 5.73 Å². The van der Waals surface area contributed by atoms with Crippen LogP contribution in [0.4, 0.5) is 0 Å². The highest BCUT2D eigenvalue weighted by Gasteiger charge is 2.26. The summed E-state index contributed by atoms with van der Waals surface area (Å²) >= 11 is 0. The van der Waals surface area contributed by atoms with Crippen LogP contribution in [0.3, 0.4) is 0 Å². The van der Waals surface area contributed by atoms with Gasteiger partial charge in [-0.2, -0.15) is 0 Å². The van der Waals surface area contributed by atoms with Gasteiger partial charge in [-0.05, 0) is 12.8 Å². The molecule has 1 unspecified atom stereocenters. The Hall–Kier alpha value is -1.10. The van der Waals surface area contributed by atoms with E-state index in [-0.39, 0.29) is 17.7 Å². The third-order valence-electron chi connectivity index (χ3n) is 2.47. The molecule has 0 aliphatic carbocycles. The van der Waals surface area contributed by atoms with Crippen LogP contribution in [-0.4, -0.2) is 30.9 Å². The van der Waals surface area contributed by atoms with Crippen molar-refractivity contribution in [1.29, 1.82) is 0 Å². The molecule has 1 fully saturated rings. The van der Waals surface area contributed by atoms with Crippen LogP contribution >= 0.6 is 0 Å². The van der Waals surface area contributed by atoms with Crippen LogP contribution in [0.2, 0.25) is 0 Å². The highest BCUT2D eigenvalue weighted by atomic mass is 16.2. The van der Waals surface area contributed by atoms with E-state index in [0.29, 0.717) is 13.1 Å². The Morgan fingerprint density at radius 2 is 2.43 bits per heavy atom. The van der Waals surface area contributed by atoms with Gasteiger partial charge in [0, 0.05) is 25.9 Å². The van der Waals surface area contributed by atoms with Gasteiger partial charge in [0.05, 0.1) is 6.04 Å². The second-order valence-corrected chi connectivity index (χ2v) is 3.66. The van der Waals surface area contributed by atoms with Gasteiger partial charge in [0.25, 0.3) is 0 Å². The first-order valence-corrected chi connectivity index (χ1v) is 4.89. The van der Waals surface area contributed by atoms with E-state index < -0.39 is 6.04 Å². The van der Waals surface area contributed by atoms with E-state index >= 15 is 0 Å². The van der Waals surface area contributed by atoms with E-state index in [9.17, 15) is 9.59 Å². The molecule has 1 heterocycles. The van der Waals surface area contributed by atoms with E-state index in [0.717, 1.165) is 12.8 Å². The number of carbonyl (C=O) groups excluding carboxylic acids is 2. The number of nitrogens with two attached hydrogens (primary N) is 1. The smallest absolute Gasteiger partial charge is 0.237 e. The summed E-state index contributed by atoms with van der Waals surface area (Å²) in [6.45, 7) is 2.63. The third-order valence-corrected chi connectivity index (χ3v) is 2.47. The molecular weight excluding hydrogens is 182 g/mol. The summed E-state index contributed by atoms with van der Waals surface area (Å²) in [5.41, 5.74) is 5.75. The lowest BCUT2D eigenvalue weighted by atomic mass is 9.96. The molecular formula is C9H17N3O2. The van der Waals surface area contributed by atoms with Gasteiger partial charge in [0.1, 0.15) is 0 Å². The molecule has 0 aromatic carbocycles. The zero-order chi connectivity index (χ0) is 10.6. The lowest BCUT2D eigenvalue weighted by Crippen LogP contribution is -2.46. The zero-order valence-electron chi connectivity index (χ0n) is 8.38. The van der Waals surface area contributed by atoms with Crippen molar-refractivity contribution >= 4 is 11.8 Å². The van der Waals surface area contributed by atoms with Crippen molar-refractivity contribution in [2.45, 2.75) is 25.8 Å². The number of amides is 2. The van der Waals surface area contributed by atoms with Crippen molar-refractivity contribution in [3.8, 4) is 0 Å². The Balaban J connectivity index is 2.47. The average molecular weight is 199 g/mol.